The Hall–Kier alpha value is -3.57. The summed E-state index contributed by atoms with van der Waals surface area (Å²) in [5, 5.41) is 29.0. The van der Waals surface area contributed by atoms with Crippen LogP contribution in [-0.2, 0) is 17.8 Å². The van der Waals surface area contributed by atoms with Crippen molar-refractivity contribution >= 4 is 45.7 Å². The molecule has 180 valence electrons. The van der Waals surface area contributed by atoms with Gasteiger partial charge in [-0.3, -0.25) is 20.3 Å². The molecule has 0 aliphatic carbocycles. The molecule has 35 heavy (non-hydrogen) atoms. The van der Waals surface area contributed by atoms with Crippen molar-refractivity contribution in [3.63, 3.8) is 0 Å². The van der Waals surface area contributed by atoms with Gasteiger partial charge in [0.1, 0.15) is 22.5 Å². The summed E-state index contributed by atoms with van der Waals surface area (Å²) in [6.07, 6.45) is 2.48. The van der Waals surface area contributed by atoms with Crippen LogP contribution in [0.2, 0.25) is 0 Å². The number of nitro benzene ring substituents is 1. The molecule has 1 fully saturated rings. The molecule has 1 N–H and O–H groups in total. The first-order valence-corrected chi connectivity index (χ1v) is 12.5. The minimum absolute atomic E-state index is 0.0210. The van der Waals surface area contributed by atoms with Crippen molar-refractivity contribution in [3.8, 4) is 11.5 Å². The molecule has 1 aliphatic heterocycles. The predicted octanol–water partition coefficient (Wildman–Crippen LogP) is 5.40. The number of aryl methyl sites for hydroxylation is 1. The van der Waals surface area contributed by atoms with Crippen LogP contribution in [0.5, 0.6) is 11.5 Å². The average Bonchev–Trinajstić information content (AvgIpc) is 3.42. The zero-order valence-electron chi connectivity index (χ0n) is 19.0. The molecule has 1 aromatic heterocycles. The lowest BCUT2D eigenvalue weighted by Gasteiger charge is -2.13. The quantitative estimate of drug-likeness (QED) is 0.230. The summed E-state index contributed by atoms with van der Waals surface area (Å²) >= 11 is 2.50. The number of thioether (sulfide) groups is 1. The molecule has 0 spiro atoms. The van der Waals surface area contributed by atoms with E-state index in [4.69, 9.17) is 14.9 Å². The fourth-order valence-electron chi connectivity index (χ4n) is 3.37. The Balaban J connectivity index is 1.51. The third kappa shape index (κ3) is 5.57. The van der Waals surface area contributed by atoms with Crippen LogP contribution >= 0.6 is 23.1 Å². The average molecular weight is 511 g/mol. The number of carbonyl (C=O) groups is 1. The van der Waals surface area contributed by atoms with Crippen LogP contribution in [-0.4, -0.2) is 32.6 Å². The maximum atomic E-state index is 13.0. The van der Waals surface area contributed by atoms with Crippen molar-refractivity contribution in [2.45, 2.75) is 32.8 Å². The summed E-state index contributed by atoms with van der Waals surface area (Å²) in [4.78, 5) is 23.9. The van der Waals surface area contributed by atoms with E-state index >= 15 is 0 Å². The normalized spacial score (nSPS) is 16.6. The Bertz CT molecular complexity index is 1300. The number of nitro groups is 1. The number of nitrogens with one attached hydrogen (secondary N) is 1. The molecule has 1 atom stereocenters. The zero-order chi connectivity index (χ0) is 24.9. The first-order valence-electron chi connectivity index (χ1n) is 10.9. The molecule has 11 heteroatoms. The highest BCUT2D eigenvalue weighted by atomic mass is 32.2. The van der Waals surface area contributed by atoms with E-state index in [1.54, 1.807) is 30.3 Å². The zero-order valence-corrected chi connectivity index (χ0v) is 20.6. The molecule has 4 rings (SSSR count). The molecule has 0 radical (unpaired) electrons. The number of ether oxygens (including phenoxy) is 2. The fraction of sp³-hybridized carbons (Fsp3) is 0.250. The lowest BCUT2D eigenvalue weighted by molar-refractivity contribution is -0.384. The van der Waals surface area contributed by atoms with Gasteiger partial charge < -0.3 is 9.47 Å². The standard InChI is InChI=1S/C24H22N4O5S2/c1-3-20-26-27-24(35-20)21-22(29)19(34-23(21)25)12-15-7-10-17(18(11-15)32-4-2)33-13-14-5-8-16(9-6-14)28(30)31/h5-12,21,25H,3-4,13H2,1-2H3/b19-12-,25-23?/t21-/m1/s1. The van der Waals surface area contributed by atoms with Crippen LogP contribution in [0.4, 0.5) is 5.69 Å². The number of ketones is 1. The molecule has 3 aromatic rings. The number of aromatic nitrogens is 2. The third-order valence-corrected chi connectivity index (χ3v) is 7.25. The topological polar surface area (TPSA) is 128 Å². The molecule has 0 amide bonds. The van der Waals surface area contributed by atoms with E-state index in [9.17, 15) is 14.9 Å². The molecule has 0 saturated carbocycles. The summed E-state index contributed by atoms with van der Waals surface area (Å²) in [6.45, 7) is 4.47. The number of non-ortho nitro benzene ring substituents is 1. The van der Waals surface area contributed by atoms with E-state index in [1.807, 2.05) is 19.9 Å². The summed E-state index contributed by atoms with van der Waals surface area (Å²) in [5.41, 5.74) is 1.55. The number of allylic oxidation sites excluding steroid dienone is 1. The van der Waals surface area contributed by atoms with Crippen molar-refractivity contribution in [2.24, 2.45) is 0 Å². The van der Waals surface area contributed by atoms with E-state index < -0.39 is 10.8 Å². The monoisotopic (exact) mass is 510 g/mol. The van der Waals surface area contributed by atoms with Gasteiger partial charge in [-0.2, -0.15) is 0 Å². The van der Waals surface area contributed by atoms with Gasteiger partial charge in [0.25, 0.3) is 5.69 Å². The second-order valence-electron chi connectivity index (χ2n) is 7.51. The summed E-state index contributed by atoms with van der Waals surface area (Å²) in [5.74, 6) is 0.182. The number of rotatable bonds is 9. The highest BCUT2D eigenvalue weighted by Gasteiger charge is 2.39. The maximum Gasteiger partial charge on any atom is 0.269 e. The van der Waals surface area contributed by atoms with Crippen molar-refractivity contribution in [1.82, 2.24) is 10.2 Å². The number of hydrogen-bond acceptors (Lipinski definition) is 10. The molecule has 2 heterocycles. The van der Waals surface area contributed by atoms with Crippen LogP contribution in [0.25, 0.3) is 6.08 Å². The third-order valence-electron chi connectivity index (χ3n) is 5.13. The molecular formula is C24H22N4O5S2. The van der Waals surface area contributed by atoms with Crippen molar-refractivity contribution in [3.05, 3.63) is 78.6 Å². The van der Waals surface area contributed by atoms with Gasteiger partial charge in [-0.15, -0.1) is 21.5 Å². The minimum atomic E-state index is -0.695. The largest absolute Gasteiger partial charge is 0.490 e. The van der Waals surface area contributed by atoms with Gasteiger partial charge in [0.15, 0.2) is 17.3 Å². The van der Waals surface area contributed by atoms with Gasteiger partial charge in [0, 0.05) is 12.1 Å². The number of Topliss-reactive ketones (excluding diaryl/α,β-unsaturated/α-hetero) is 1. The smallest absolute Gasteiger partial charge is 0.269 e. The Morgan fingerprint density at radius 3 is 2.54 bits per heavy atom. The van der Waals surface area contributed by atoms with Gasteiger partial charge in [-0.05, 0) is 54.8 Å². The van der Waals surface area contributed by atoms with E-state index in [-0.39, 0.29) is 23.1 Å². The number of hydrogen-bond donors (Lipinski definition) is 1. The van der Waals surface area contributed by atoms with Gasteiger partial charge in [-0.1, -0.05) is 24.8 Å². The van der Waals surface area contributed by atoms with Crippen molar-refractivity contribution in [1.29, 1.82) is 5.41 Å². The second kappa shape index (κ2) is 10.8. The van der Waals surface area contributed by atoms with Crippen molar-refractivity contribution in [2.75, 3.05) is 6.61 Å². The first-order chi connectivity index (χ1) is 16.9. The van der Waals surface area contributed by atoms with Crippen LogP contribution in [0.15, 0.2) is 47.4 Å². The van der Waals surface area contributed by atoms with Crippen LogP contribution < -0.4 is 9.47 Å². The Morgan fingerprint density at radius 1 is 1.11 bits per heavy atom. The highest BCUT2D eigenvalue weighted by Crippen LogP contribution is 2.42. The molecule has 0 unspecified atom stereocenters. The summed E-state index contributed by atoms with van der Waals surface area (Å²) in [7, 11) is 0. The molecular weight excluding hydrogens is 488 g/mol. The van der Waals surface area contributed by atoms with E-state index in [2.05, 4.69) is 10.2 Å². The van der Waals surface area contributed by atoms with Gasteiger partial charge >= 0.3 is 0 Å². The Labute approximate surface area is 209 Å². The SMILES string of the molecule is CCOc1cc(/C=C2\SC(=N)[C@H](c3nnc(CC)s3)C2=O)ccc1OCc1ccc([N+](=O)[O-])cc1. The van der Waals surface area contributed by atoms with Gasteiger partial charge in [0.05, 0.1) is 21.5 Å². The number of carbonyl (C=O) groups excluding carboxylic acids is 1. The maximum absolute atomic E-state index is 13.0. The second-order valence-corrected chi connectivity index (χ2v) is 9.69. The molecule has 1 saturated heterocycles. The molecule has 2 aromatic carbocycles. The number of benzene rings is 2. The summed E-state index contributed by atoms with van der Waals surface area (Å²) < 4.78 is 11.6. The Kier molecular flexibility index (Phi) is 7.57. The fourth-order valence-corrected chi connectivity index (χ4v) is 5.32. The van der Waals surface area contributed by atoms with Crippen LogP contribution in [0.1, 0.15) is 40.9 Å². The van der Waals surface area contributed by atoms with Gasteiger partial charge in [0.2, 0.25) is 0 Å². The summed E-state index contributed by atoms with van der Waals surface area (Å²) in [6, 6.07) is 11.5. The minimum Gasteiger partial charge on any atom is -0.490 e. The van der Waals surface area contributed by atoms with E-state index in [0.29, 0.717) is 28.0 Å². The lowest BCUT2D eigenvalue weighted by atomic mass is 10.1. The number of nitrogens with zero attached hydrogens (tertiary/aromatic N) is 3. The molecule has 0 bridgehead atoms. The van der Waals surface area contributed by atoms with Crippen molar-refractivity contribution < 1.29 is 19.2 Å². The lowest BCUT2D eigenvalue weighted by Crippen LogP contribution is -2.11. The first kappa shape index (κ1) is 24.6. The van der Waals surface area contributed by atoms with Gasteiger partial charge in [-0.25, -0.2) is 0 Å². The molecule has 9 nitrogen and oxygen atoms in total. The van der Waals surface area contributed by atoms with E-state index in [1.165, 1.54) is 23.5 Å². The van der Waals surface area contributed by atoms with Crippen LogP contribution in [0.3, 0.4) is 0 Å². The van der Waals surface area contributed by atoms with E-state index in [0.717, 1.165) is 34.3 Å². The Morgan fingerprint density at radius 2 is 1.89 bits per heavy atom. The molecule has 1 aliphatic rings. The highest BCUT2D eigenvalue weighted by molar-refractivity contribution is 8.19. The predicted molar refractivity (Wildman–Crippen MR) is 135 cm³/mol. The van der Waals surface area contributed by atoms with Crippen LogP contribution in [0, 0.1) is 15.5 Å².